The van der Waals surface area contributed by atoms with Crippen LogP contribution in [0.25, 0.3) is 0 Å². The van der Waals surface area contributed by atoms with Crippen LogP contribution in [0.3, 0.4) is 0 Å². The molecule has 0 radical (unpaired) electrons. The van der Waals surface area contributed by atoms with Gasteiger partial charge in [-0.1, -0.05) is 42.0 Å². The van der Waals surface area contributed by atoms with Crippen molar-refractivity contribution in [1.82, 2.24) is 0 Å². The van der Waals surface area contributed by atoms with E-state index in [1.54, 1.807) is 6.92 Å². The lowest BCUT2D eigenvalue weighted by molar-refractivity contribution is -0.115. The second-order valence-corrected chi connectivity index (χ2v) is 5.42. The summed E-state index contributed by atoms with van der Waals surface area (Å²) in [5, 5.41) is 12.6. The largest absolute Gasteiger partial charge is 0.389 e. The van der Waals surface area contributed by atoms with Crippen LogP contribution in [0, 0.1) is 13.8 Å². The molecular weight excluding hydrogens is 262 g/mol. The van der Waals surface area contributed by atoms with Crippen molar-refractivity contribution in [1.29, 1.82) is 0 Å². The van der Waals surface area contributed by atoms with Gasteiger partial charge < -0.3 is 10.4 Å². The van der Waals surface area contributed by atoms with Crippen LogP contribution in [-0.2, 0) is 11.2 Å². The number of carbonyl (C=O) groups is 1. The highest BCUT2D eigenvalue weighted by Crippen LogP contribution is 2.22. The van der Waals surface area contributed by atoms with Gasteiger partial charge in [0.25, 0.3) is 0 Å². The summed E-state index contributed by atoms with van der Waals surface area (Å²) < 4.78 is 0. The highest BCUT2D eigenvalue weighted by atomic mass is 16.3. The molecule has 0 aromatic heterocycles. The number of anilines is 1. The second kappa shape index (κ2) is 6.55. The maximum Gasteiger partial charge on any atom is 0.228 e. The lowest BCUT2D eigenvalue weighted by Crippen LogP contribution is -2.16. The van der Waals surface area contributed by atoms with Gasteiger partial charge in [0.05, 0.1) is 12.5 Å². The molecule has 0 aliphatic carbocycles. The number of hydrogen-bond acceptors (Lipinski definition) is 2. The molecule has 0 aliphatic rings. The van der Waals surface area contributed by atoms with Crippen LogP contribution in [0.5, 0.6) is 0 Å². The smallest absolute Gasteiger partial charge is 0.228 e. The van der Waals surface area contributed by atoms with Crippen molar-refractivity contribution in [2.75, 3.05) is 5.32 Å². The van der Waals surface area contributed by atoms with Gasteiger partial charge in [-0.25, -0.2) is 0 Å². The molecule has 2 N–H and O–H groups in total. The molecule has 21 heavy (non-hydrogen) atoms. The summed E-state index contributed by atoms with van der Waals surface area (Å²) in [6.07, 6.45) is -0.274. The van der Waals surface area contributed by atoms with Crippen molar-refractivity contribution in [3.63, 3.8) is 0 Å². The number of rotatable bonds is 4. The Balaban J connectivity index is 2.14. The molecular formula is C18H21NO2. The molecule has 0 aliphatic heterocycles. The summed E-state index contributed by atoms with van der Waals surface area (Å²) in [7, 11) is 0. The zero-order valence-electron chi connectivity index (χ0n) is 12.7. The molecule has 1 unspecified atom stereocenters. The molecule has 3 nitrogen and oxygen atoms in total. The second-order valence-electron chi connectivity index (χ2n) is 5.42. The van der Waals surface area contributed by atoms with Crippen molar-refractivity contribution in [2.45, 2.75) is 33.3 Å². The minimum absolute atomic E-state index is 0.0724. The summed E-state index contributed by atoms with van der Waals surface area (Å²) in [4.78, 5) is 12.2. The van der Waals surface area contributed by atoms with E-state index in [0.29, 0.717) is 12.1 Å². The highest BCUT2D eigenvalue weighted by Gasteiger charge is 2.11. The minimum atomic E-state index is -0.609. The van der Waals surface area contributed by atoms with E-state index in [9.17, 15) is 9.90 Å². The molecule has 0 bridgehead atoms. The summed E-state index contributed by atoms with van der Waals surface area (Å²) in [5.74, 6) is -0.0724. The molecule has 0 spiro atoms. The number of amides is 1. The number of nitrogens with one attached hydrogen (secondary N) is 1. The van der Waals surface area contributed by atoms with Crippen molar-refractivity contribution >= 4 is 11.6 Å². The molecule has 2 aromatic carbocycles. The first-order valence-corrected chi connectivity index (χ1v) is 7.10. The van der Waals surface area contributed by atoms with E-state index in [2.05, 4.69) is 5.32 Å². The van der Waals surface area contributed by atoms with Gasteiger partial charge in [0, 0.05) is 11.3 Å². The molecule has 0 saturated carbocycles. The Morgan fingerprint density at radius 2 is 1.90 bits per heavy atom. The SMILES string of the molecule is Cc1ccc(C)c(CC(=O)Nc2ccccc2C(C)O)c1. The van der Waals surface area contributed by atoms with Crippen molar-refractivity contribution < 1.29 is 9.90 Å². The molecule has 1 amide bonds. The predicted octanol–water partition coefficient (Wildman–Crippen LogP) is 3.54. The third-order valence-corrected chi connectivity index (χ3v) is 3.54. The number of aliphatic hydroxyl groups excluding tert-OH is 1. The van der Waals surface area contributed by atoms with Crippen molar-refractivity contribution in [2.24, 2.45) is 0 Å². The minimum Gasteiger partial charge on any atom is -0.389 e. The van der Waals surface area contributed by atoms with Gasteiger partial charge in [-0.2, -0.15) is 0 Å². The molecule has 110 valence electrons. The Morgan fingerprint density at radius 3 is 2.62 bits per heavy atom. The standard InChI is InChI=1S/C18H21NO2/c1-12-8-9-13(2)15(10-12)11-18(21)19-17-7-5-4-6-16(17)14(3)20/h4-10,14,20H,11H2,1-3H3,(H,19,21). The van der Waals surface area contributed by atoms with Gasteiger partial charge in [-0.15, -0.1) is 0 Å². The van der Waals surface area contributed by atoms with E-state index in [-0.39, 0.29) is 5.91 Å². The number of para-hydroxylation sites is 1. The first-order chi connectivity index (χ1) is 9.97. The average Bonchev–Trinajstić information content (AvgIpc) is 2.43. The van der Waals surface area contributed by atoms with Gasteiger partial charge >= 0.3 is 0 Å². The number of aryl methyl sites for hydroxylation is 2. The van der Waals surface area contributed by atoms with Crippen molar-refractivity contribution in [3.05, 3.63) is 64.7 Å². The maximum absolute atomic E-state index is 12.2. The quantitative estimate of drug-likeness (QED) is 0.901. The summed E-state index contributed by atoms with van der Waals surface area (Å²) in [6, 6.07) is 13.4. The van der Waals surface area contributed by atoms with Crippen LogP contribution in [0.4, 0.5) is 5.69 Å². The molecule has 0 heterocycles. The van der Waals surface area contributed by atoms with E-state index in [1.807, 2.05) is 56.3 Å². The van der Waals surface area contributed by atoms with Gasteiger partial charge in [0.1, 0.15) is 0 Å². The number of benzene rings is 2. The normalized spacial score (nSPS) is 12.0. The van der Waals surface area contributed by atoms with E-state index in [0.717, 1.165) is 22.3 Å². The van der Waals surface area contributed by atoms with Crippen LogP contribution in [0.15, 0.2) is 42.5 Å². The Morgan fingerprint density at radius 1 is 1.19 bits per heavy atom. The highest BCUT2D eigenvalue weighted by molar-refractivity contribution is 5.93. The number of hydrogen-bond donors (Lipinski definition) is 2. The lowest BCUT2D eigenvalue weighted by Gasteiger charge is -2.13. The Hall–Kier alpha value is -2.13. The third kappa shape index (κ3) is 3.92. The van der Waals surface area contributed by atoms with Crippen LogP contribution in [0.1, 0.15) is 35.3 Å². The van der Waals surface area contributed by atoms with Gasteiger partial charge in [-0.3, -0.25) is 4.79 Å². The maximum atomic E-state index is 12.2. The zero-order chi connectivity index (χ0) is 15.4. The Kier molecular flexibility index (Phi) is 4.76. The zero-order valence-corrected chi connectivity index (χ0v) is 12.7. The first kappa shape index (κ1) is 15.3. The van der Waals surface area contributed by atoms with Gasteiger partial charge in [-0.05, 0) is 38.0 Å². The molecule has 2 aromatic rings. The Bertz CT molecular complexity index is 647. The van der Waals surface area contributed by atoms with Crippen LogP contribution < -0.4 is 5.32 Å². The first-order valence-electron chi connectivity index (χ1n) is 7.10. The van der Waals surface area contributed by atoms with Crippen LogP contribution in [-0.4, -0.2) is 11.0 Å². The summed E-state index contributed by atoms with van der Waals surface area (Å²) in [6.45, 7) is 5.71. The Labute approximate surface area is 125 Å². The fraction of sp³-hybridized carbons (Fsp3) is 0.278. The predicted molar refractivity (Wildman–Crippen MR) is 85.3 cm³/mol. The van der Waals surface area contributed by atoms with E-state index < -0.39 is 6.10 Å². The molecule has 0 fully saturated rings. The van der Waals surface area contributed by atoms with E-state index >= 15 is 0 Å². The average molecular weight is 283 g/mol. The number of carbonyl (C=O) groups excluding carboxylic acids is 1. The fourth-order valence-electron chi connectivity index (χ4n) is 2.33. The lowest BCUT2D eigenvalue weighted by atomic mass is 10.0. The van der Waals surface area contributed by atoms with Crippen LogP contribution >= 0.6 is 0 Å². The monoisotopic (exact) mass is 283 g/mol. The van der Waals surface area contributed by atoms with Gasteiger partial charge in [0.2, 0.25) is 5.91 Å². The van der Waals surface area contributed by atoms with E-state index in [1.165, 1.54) is 0 Å². The van der Waals surface area contributed by atoms with Crippen molar-refractivity contribution in [3.8, 4) is 0 Å². The van der Waals surface area contributed by atoms with Gasteiger partial charge in [0.15, 0.2) is 0 Å². The number of aliphatic hydroxyl groups is 1. The van der Waals surface area contributed by atoms with Crippen LogP contribution in [0.2, 0.25) is 0 Å². The third-order valence-electron chi connectivity index (χ3n) is 3.54. The summed E-state index contributed by atoms with van der Waals surface area (Å²) in [5.41, 5.74) is 4.68. The molecule has 0 saturated heterocycles. The topological polar surface area (TPSA) is 49.3 Å². The summed E-state index contributed by atoms with van der Waals surface area (Å²) >= 11 is 0. The molecule has 2 rings (SSSR count). The van der Waals surface area contributed by atoms with E-state index in [4.69, 9.17) is 0 Å². The molecule has 3 heteroatoms. The fourth-order valence-corrected chi connectivity index (χ4v) is 2.33. The molecule has 1 atom stereocenters.